The van der Waals surface area contributed by atoms with Crippen LogP contribution in [0, 0.1) is 11.7 Å². The zero-order valence-corrected chi connectivity index (χ0v) is 12.2. The Morgan fingerprint density at radius 2 is 2.05 bits per heavy atom. The van der Waals surface area contributed by atoms with E-state index in [1.54, 1.807) is 12.1 Å². The molecule has 1 aromatic rings. The van der Waals surface area contributed by atoms with Gasteiger partial charge in [0.2, 0.25) is 0 Å². The van der Waals surface area contributed by atoms with E-state index in [2.05, 4.69) is 4.90 Å². The summed E-state index contributed by atoms with van der Waals surface area (Å²) >= 11 is 1.91. The van der Waals surface area contributed by atoms with Crippen LogP contribution in [0.2, 0.25) is 0 Å². The largest absolute Gasteiger partial charge is 0.303 e. The highest BCUT2D eigenvalue weighted by Crippen LogP contribution is 2.34. The molecule has 0 bridgehead atoms. The molecular weight excluding hydrogens is 257 g/mol. The zero-order valence-electron chi connectivity index (χ0n) is 11.4. The van der Waals surface area contributed by atoms with Crippen molar-refractivity contribution in [3.05, 3.63) is 29.6 Å². The molecule has 2 heterocycles. The number of piperidine rings is 1. The number of rotatable bonds is 3. The molecule has 1 aromatic carbocycles. The van der Waals surface area contributed by atoms with Gasteiger partial charge in [0.25, 0.3) is 0 Å². The molecule has 1 nitrogen and oxygen atoms in total. The molecule has 1 fully saturated rings. The molecule has 1 atom stereocenters. The van der Waals surface area contributed by atoms with E-state index in [-0.39, 0.29) is 5.82 Å². The number of fused-ring (bicyclic) bond motifs is 1. The summed E-state index contributed by atoms with van der Waals surface area (Å²) in [6.07, 6.45) is 6.47. The molecule has 0 aliphatic carbocycles. The quantitative estimate of drug-likeness (QED) is 0.823. The number of thioether (sulfide) groups is 1. The van der Waals surface area contributed by atoms with Gasteiger partial charge in [0.1, 0.15) is 5.82 Å². The van der Waals surface area contributed by atoms with E-state index in [9.17, 15) is 4.39 Å². The van der Waals surface area contributed by atoms with E-state index in [4.69, 9.17) is 0 Å². The second kappa shape index (κ2) is 6.27. The van der Waals surface area contributed by atoms with Gasteiger partial charge < -0.3 is 4.90 Å². The summed E-state index contributed by atoms with van der Waals surface area (Å²) in [5, 5.41) is 0. The molecule has 19 heavy (non-hydrogen) atoms. The number of likely N-dealkylation sites (tertiary alicyclic amines) is 1. The maximum atomic E-state index is 13.3. The maximum absolute atomic E-state index is 13.3. The molecule has 3 rings (SSSR count). The monoisotopic (exact) mass is 279 g/mol. The summed E-state index contributed by atoms with van der Waals surface area (Å²) < 4.78 is 13.3. The van der Waals surface area contributed by atoms with Crippen LogP contribution in [0.4, 0.5) is 4.39 Å². The highest BCUT2D eigenvalue weighted by Gasteiger charge is 2.20. The second-order valence-electron chi connectivity index (χ2n) is 5.82. The van der Waals surface area contributed by atoms with Crippen LogP contribution in [-0.4, -0.2) is 30.3 Å². The Bertz CT molecular complexity index is 429. The van der Waals surface area contributed by atoms with Gasteiger partial charge in [0, 0.05) is 10.6 Å². The van der Waals surface area contributed by atoms with Gasteiger partial charge in [-0.05, 0) is 75.0 Å². The molecule has 2 aliphatic heterocycles. The van der Waals surface area contributed by atoms with Gasteiger partial charge in [0.05, 0.1) is 0 Å². The number of nitrogens with zero attached hydrogens (tertiary/aromatic N) is 1. The number of halogens is 1. The first-order chi connectivity index (χ1) is 9.31. The highest BCUT2D eigenvalue weighted by atomic mass is 32.2. The first-order valence-corrected chi connectivity index (χ1v) is 8.43. The van der Waals surface area contributed by atoms with Gasteiger partial charge in [-0.1, -0.05) is 6.42 Å². The van der Waals surface area contributed by atoms with Crippen LogP contribution >= 0.6 is 11.8 Å². The van der Waals surface area contributed by atoms with Crippen molar-refractivity contribution in [2.24, 2.45) is 5.92 Å². The number of benzene rings is 1. The summed E-state index contributed by atoms with van der Waals surface area (Å²) in [5.74, 6) is 1.84. The van der Waals surface area contributed by atoms with Gasteiger partial charge in [-0.15, -0.1) is 11.8 Å². The minimum Gasteiger partial charge on any atom is -0.303 e. The molecule has 0 saturated carbocycles. The van der Waals surface area contributed by atoms with E-state index in [0.29, 0.717) is 0 Å². The van der Waals surface area contributed by atoms with Crippen molar-refractivity contribution in [3.63, 3.8) is 0 Å². The van der Waals surface area contributed by atoms with Crippen molar-refractivity contribution in [1.29, 1.82) is 0 Å². The fourth-order valence-corrected chi connectivity index (χ4v) is 4.35. The Labute approximate surface area is 119 Å². The lowest BCUT2D eigenvalue weighted by Crippen LogP contribution is -2.32. The summed E-state index contributed by atoms with van der Waals surface area (Å²) in [7, 11) is 0. The van der Waals surface area contributed by atoms with Gasteiger partial charge in [-0.3, -0.25) is 0 Å². The number of hydrogen-bond donors (Lipinski definition) is 0. The molecule has 0 spiro atoms. The fourth-order valence-electron chi connectivity index (χ4n) is 3.16. The molecule has 0 amide bonds. The number of hydrogen-bond acceptors (Lipinski definition) is 2. The average molecular weight is 279 g/mol. The predicted octanol–water partition coefficient (Wildman–Crippen LogP) is 3.97. The third-order valence-corrected chi connectivity index (χ3v) is 5.66. The van der Waals surface area contributed by atoms with Crippen molar-refractivity contribution in [2.45, 2.75) is 37.0 Å². The molecular formula is C16H22FNS. The smallest absolute Gasteiger partial charge is 0.123 e. The van der Waals surface area contributed by atoms with Crippen molar-refractivity contribution in [1.82, 2.24) is 4.90 Å². The SMILES string of the molecule is Fc1ccc2c(c1)CC(CCN1CCCCC1)CS2. The van der Waals surface area contributed by atoms with Crippen molar-refractivity contribution < 1.29 is 4.39 Å². The summed E-state index contributed by atoms with van der Waals surface area (Å²) in [6, 6.07) is 5.26. The maximum Gasteiger partial charge on any atom is 0.123 e. The Hall–Kier alpha value is -0.540. The lowest BCUT2D eigenvalue weighted by atomic mass is 9.96. The lowest BCUT2D eigenvalue weighted by molar-refractivity contribution is 0.215. The minimum atomic E-state index is -0.0870. The normalized spacial score (nSPS) is 24.2. The fraction of sp³-hybridized carbons (Fsp3) is 0.625. The van der Waals surface area contributed by atoms with E-state index in [1.165, 1.54) is 61.5 Å². The van der Waals surface area contributed by atoms with Gasteiger partial charge in [0.15, 0.2) is 0 Å². The molecule has 1 unspecified atom stereocenters. The zero-order chi connectivity index (χ0) is 13.1. The summed E-state index contributed by atoms with van der Waals surface area (Å²) in [4.78, 5) is 3.89. The van der Waals surface area contributed by atoms with E-state index < -0.39 is 0 Å². The molecule has 2 aliphatic rings. The lowest BCUT2D eigenvalue weighted by Gasteiger charge is -2.30. The molecule has 3 heteroatoms. The van der Waals surface area contributed by atoms with Crippen LogP contribution in [0.5, 0.6) is 0 Å². The van der Waals surface area contributed by atoms with E-state index >= 15 is 0 Å². The summed E-state index contributed by atoms with van der Waals surface area (Å²) in [5.41, 5.74) is 1.22. The van der Waals surface area contributed by atoms with Gasteiger partial charge in [-0.2, -0.15) is 0 Å². The predicted molar refractivity (Wildman–Crippen MR) is 79.2 cm³/mol. The molecule has 104 valence electrons. The standard InChI is InChI=1S/C16H22FNS/c17-15-4-5-16-14(11-15)10-13(12-19-16)6-9-18-7-2-1-3-8-18/h4-5,11,13H,1-3,6-10,12H2. The molecule has 0 radical (unpaired) electrons. The molecule has 0 aromatic heterocycles. The van der Waals surface area contributed by atoms with Crippen molar-refractivity contribution in [2.75, 3.05) is 25.4 Å². The van der Waals surface area contributed by atoms with Crippen molar-refractivity contribution in [3.8, 4) is 0 Å². The van der Waals surface area contributed by atoms with Crippen LogP contribution < -0.4 is 0 Å². The van der Waals surface area contributed by atoms with Gasteiger partial charge in [-0.25, -0.2) is 4.39 Å². The van der Waals surface area contributed by atoms with Crippen molar-refractivity contribution >= 4 is 11.8 Å². The minimum absolute atomic E-state index is 0.0870. The average Bonchev–Trinajstić information content (AvgIpc) is 2.46. The van der Waals surface area contributed by atoms with Crippen LogP contribution in [0.15, 0.2) is 23.1 Å². The molecule has 0 N–H and O–H groups in total. The summed E-state index contributed by atoms with van der Waals surface area (Å²) in [6.45, 7) is 3.80. The van der Waals surface area contributed by atoms with E-state index in [1.807, 2.05) is 17.8 Å². The van der Waals surface area contributed by atoms with E-state index in [0.717, 1.165) is 12.3 Å². The van der Waals surface area contributed by atoms with Crippen LogP contribution in [0.3, 0.4) is 0 Å². The Kier molecular flexibility index (Phi) is 4.44. The highest BCUT2D eigenvalue weighted by molar-refractivity contribution is 7.99. The van der Waals surface area contributed by atoms with Crippen LogP contribution in [-0.2, 0) is 6.42 Å². The van der Waals surface area contributed by atoms with Crippen LogP contribution in [0.1, 0.15) is 31.2 Å². The van der Waals surface area contributed by atoms with Crippen LogP contribution in [0.25, 0.3) is 0 Å². The first kappa shape index (κ1) is 13.4. The Morgan fingerprint density at radius 1 is 1.21 bits per heavy atom. The Balaban J connectivity index is 1.53. The third kappa shape index (κ3) is 3.51. The third-order valence-electron chi connectivity index (χ3n) is 4.31. The molecule has 1 saturated heterocycles. The topological polar surface area (TPSA) is 3.24 Å². The van der Waals surface area contributed by atoms with Gasteiger partial charge >= 0.3 is 0 Å². The Morgan fingerprint density at radius 3 is 2.89 bits per heavy atom. The first-order valence-electron chi connectivity index (χ1n) is 7.45. The second-order valence-corrected chi connectivity index (χ2v) is 6.89.